The van der Waals surface area contributed by atoms with Crippen LogP contribution >= 0.6 is 27.7 Å². The zero-order valence-corrected chi connectivity index (χ0v) is 17.4. The topological polar surface area (TPSA) is 66.3 Å². The van der Waals surface area contributed by atoms with Gasteiger partial charge in [-0.25, -0.2) is 0 Å². The van der Waals surface area contributed by atoms with Gasteiger partial charge in [0.2, 0.25) is 17.0 Å². The van der Waals surface area contributed by atoms with E-state index in [9.17, 15) is 4.79 Å². The van der Waals surface area contributed by atoms with Gasteiger partial charge in [-0.15, -0.1) is 11.7 Å². The van der Waals surface area contributed by atoms with Crippen LogP contribution in [0.25, 0.3) is 0 Å². The van der Waals surface area contributed by atoms with E-state index in [4.69, 9.17) is 4.74 Å². The molecule has 1 heterocycles. The lowest BCUT2D eigenvalue weighted by Crippen LogP contribution is -2.33. The molecule has 3 rings (SSSR count). The van der Waals surface area contributed by atoms with Gasteiger partial charge in [0.25, 0.3) is 0 Å². The molecule has 0 atom stereocenters. The van der Waals surface area contributed by atoms with Crippen molar-refractivity contribution >= 4 is 50.4 Å². The highest BCUT2D eigenvalue weighted by Gasteiger charge is 2.18. The molecule has 0 bridgehead atoms. The summed E-state index contributed by atoms with van der Waals surface area (Å²) in [6.45, 7) is 4.75. The van der Waals surface area contributed by atoms with Crippen LogP contribution in [-0.4, -0.2) is 40.8 Å². The third-order valence-electron chi connectivity index (χ3n) is 3.52. The van der Waals surface area contributed by atoms with Gasteiger partial charge in [-0.3, -0.25) is 9.80 Å². The van der Waals surface area contributed by atoms with Crippen LogP contribution in [0.2, 0.25) is 0 Å². The largest absolute Gasteiger partial charge is 0.441 e. The van der Waals surface area contributed by atoms with Gasteiger partial charge in [-0.05, 0) is 30.3 Å². The van der Waals surface area contributed by atoms with Crippen LogP contribution in [0.4, 0.5) is 5.69 Å². The van der Waals surface area contributed by atoms with Gasteiger partial charge in [0.1, 0.15) is 12.3 Å². The number of ether oxygens (including phenoxy) is 1. The van der Waals surface area contributed by atoms with E-state index in [2.05, 4.69) is 37.9 Å². The number of amidine groups is 1. The molecule has 0 fully saturated rings. The first kappa shape index (κ1) is 20.2. The van der Waals surface area contributed by atoms with Gasteiger partial charge in [0.15, 0.2) is 0 Å². The maximum absolute atomic E-state index is 12.2. The highest BCUT2D eigenvalue weighted by Crippen LogP contribution is 2.18. The highest BCUT2D eigenvalue weighted by atomic mass is 79.9. The lowest BCUT2D eigenvalue weighted by molar-refractivity contribution is -0.113. The second-order valence-corrected chi connectivity index (χ2v) is 7.64. The molecule has 0 aliphatic carbocycles. The summed E-state index contributed by atoms with van der Waals surface area (Å²) in [7, 11) is 0. The van der Waals surface area contributed by atoms with Crippen LogP contribution in [0, 0.1) is 0 Å². The number of rotatable bonds is 6. The van der Waals surface area contributed by atoms with Crippen molar-refractivity contribution in [1.82, 2.24) is 5.01 Å². The number of para-hydroxylation sites is 1. The summed E-state index contributed by atoms with van der Waals surface area (Å²) in [5.41, 5.74) is 0.732. The molecule has 1 N–H and O–H groups in total. The Kier molecular flexibility index (Phi) is 7.27. The minimum atomic E-state index is -0.132. The maximum Gasteiger partial charge on any atom is 0.234 e. The van der Waals surface area contributed by atoms with E-state index >= 15 is 0 Å². The second-order valence-electron chi connectivity index (χ2n) is 5.79. The van der Waals surface area contributed by atoms with Crippen LogP contribution in [-0.2, 0) is 4.79 Å². The zero-order valence-electron chi connectivity index (χ0n) is 15.0. The van der Waals surface area contributed by atoms with Gasteiger partial charge in [-0.1, -0.05) is 58.0 Å². The molecule has 0 radical (unpaired) electrons. The fourth-order valence-corrected chi connectivity index (χ4v) is 3.44. The van der Waals surface area contributed by atoms with Crippen molar-refractivity contribution in [3.8, 4) is 5.75 Å². The SMILES string of the molecule is C=CCN1CC(Oc2ccccc2)=NC(SCC(=O)Nc2cccc(Br)c2)=N1. The van der Waals surface area contributed by atoms with Crippen LogP contribution in [0.3, 0.4) is 0 Å². The zero-order chi connectivity index (χ0) is 19.8. The average Bonchev–Trinajstić information content (AvgIpc) is 2.67. The Bertz CT molecular complexity index is 902. The third-order valence-corrected chi connectivity index (χ3v) is 4.86. The Morgan fingerprint density at radius 3 is 2.86 bits per heavy atom. The Hall–Kier alpha value is -2.58. The minimum absolute atomic E-state index is 0.132. The molecule has 0 spiro atoms. The maximum atomic E-state index is 12.2. The molecule has 0 saturated heterocycles. The normalized spacial score (nSPS) is 13.4. The minimum Gasteiger partial charge on any atom is -0.441 e. The molecule has 1 amide bonds. The lowest BCUT2D eigenvalue weighted by atomic mass is 10.3. The number of nitrogens with zero attached hydrogens (tertiary/aromatic N) is 3. The number of hydrogen-bond donors (Lipinski definition) is 1. The standard InChI is InChI=1S/C20H19BrN4O2S/c1-2-11-25-13-19(27-17-9-4-3-5-10-17)23-20(24-25)28-14-18(26)22-16-8-6-7-15(21)12-16/h2-10,12H,1,11,13-14H2,(H,22,26). The first-order valence-corrected chi connectivity index (χ1v) is 10.3. The van der Waals surface area contributed by atoms with E-state index in [-0.39, 0.29) is 11.7 Å². The molecule has 144 valence electrons. The fraction of sp³-hybridized carbons (Fsp3) is 0.150. The number of aliphatic imine (C=N–C) groups is 1. The van der Waals surface area contributed by atoms with Crippen LogP contribution < -0.4 is 10.1 Å². The quantitative estimate of drug-likeness (QED) is 0.652. The Balaban J connectivity index is 1.62. The summed E-state index contributed by atoms with van der Waals surface area (Å²) >= 11 is 4.64. The number of halogens is 1. The lowest BCUT2D eigenvalue weighted by Gasteiger charge is -2.23. The summed E-state index contributed by atoms with van der Waals surface area (Å²) in [6, 6.07) is 16.9. The molecule has 8 heteroatoms. The molecular formula is C20H19BrN4O2S. The Labute approximate surface area is 176 Å². The number of thioether (sulfide) groups is 1. The molecular weight excluding hydrogens is 440 g/mol. The molecule has 2 aromatic carbocycles. The van der Waals surface area contributed by atoms with Crippen molar-refractivity contribution < 1.29 is 9.53 Å². The molecule has 1 aliphatic heterocycles. The van der Waals surface area contributed by atoms with Gasteiger partial charge < -0.3 is 10.1 Å². The number of benzene rings is 2. The predicted octanol–water partition coefficient (Wildman–Crippen LogP) is 4.37. The molecule has 6 nitrogen and oxygen atoms in total. The van der Waals surface area contributed by atoms with Gasteiger partial charge in [0, 0.05) is 10.2 Å². The number of hydrogen-bond acceptors (Lipinski definition) is 6. The van der Waals surface area contributed by atoms with Crippen LogP contribution in [0.5, 0.6) is 5.75 Å². The van der Waals surface area contributed by atoms with E-state index in [1.807, 2.05) is 54.6 Å². The fourth-order valence-electron chi connectivity index (χ4n) is 2.37. The molecule has 0 saturated carbocycles. The van der Waals surface area contributed by atoms with Crippen molar-refractivity contribution in [3.63, 3.8) is 0 Å². The van der Waals surface area contributed by atoms with Gasteiger partial charge >= 0.3 is 0 Å². The van der Waals surface area contributed by atoms with Crippen molar-refractivity contribution in [2.45, 2.75) is 0 Å². The van der Waals surface area contributed by atoms with Gasteiger partial charge in [0.05, 0.1) is 12.3 Å². The number of carbonyl (C=O) groups is 1. The summed E-state index contributed by atoms with van der Waals surface area (Å²) in [6.07, 6.45) is 1.76. The predicted molar refractivity (Wildman–Crippen MR) is 119 cm³/mol. The Morgan fingerprint density at radius 2 is 2.11 bits per heavy atom. The monoisotopic (exact) mass is 458 g/mol. The first-order valence-electron chi connectivity index (χ1n) is 8.55. The number of carbonyl (C=O) groups excluding carboxylic acids is 1. The molecule has 0 aromatic heterocycles. The van der Waals surface area contributed by atoms with Gasteiger partial charge in [-0.2, -0.15) is 4.99 Å². The Morgan fingerprint density at radius 1 is 1.29 bits per heavy atom. The third kappa shape index (κ3) is 6.24. The summed E-state index contributed by atoms with van der Waals surface area (Å²) < 4.78 is 6.76. The van der Waals surface area contributed by atoms with Crippen molar-refractivity contribution in [2.75, 3.05) is 24.2 Å². The second kappa shape index (κ2) is 10.1. The number of nitrogens with one attached hydrogen (secondary N) is 1. The van der Waals surface area contributed by atoms with Crippen molar-refractivity contribution in [1.29, 1.82) is 0 Å². The van der Waals surface area contributed by atoms with Crippen LogP contribution in [0.1, 0.15) is 0 Å². The number of amides is 1. The summed E-state index contributed by atoms with van der Waals surface area (Å²) in [5.74, 6) is 1.29. The molecule has 2 aromatic rings. The summed E-state index contributed by atoms with van der Waals surface area (Å²) in [5, 5.41) is 9.57. The molecule has 28 heavy (non-hydrogen) atoms. The van der Waals surface area contributed by atoms with E-state index < -0.39 is 0 Å². The first-order chi connectivity index (χ1) is 13.6. The molecule has 0 unspecified atom stereocenters. The van der Waals surface area contributed by atoms with Crippen LogP contribution in [0.15, 0.2) is 81.8 Å². The smallest absolute Gasteiger partial charge is 0.234 e. The van der Waals surface area contributed by atoms with E-state index in [0.717, 1.165) is 10.2 Å². The van der Waals surface area contributed by atoms with E-state index in [0.29, 0.717) is 29.9 Å². The molecule has 1 aliphatic rings. The van der Waals surface area contributed by atoms with E-state index in [1.54, 1.807) is 11.1 Å². The highest BCUT2D eigenvalue weighted by molar-refractivity contribution is 9.10. The number of anilines is 1. The number of hydrazone groups is 1. The van der Waals surface area contributed by atoms with Crippen molar-refractivity contribution in [2.24, 2.45) is 10.1 Å². The van der Waals surface area contributed by atoms with E-state index in [1.165, 1.54) is 11.8 Å². The average molecular weight is 459 g/mol. The van der Waals surface area contributed by atoms with Crippen molar-refractivity contribution in [3.05, 3.63) is 71.7 Å². The summed E-state index contributed by atoms with van der Waals surface area (Å²) in [4.78, 5) is 16.7.